The fraction of sp³-hybridized carbons (Fsp3) is 0.367. The van der Waals surface area contributed by atoms with Crippen LogP contribution < -0.4 is 9.50 Å². The van der Waals surface area contributed by atoms with E-state index in [1.165, 1.54) is 5.56 Å². The number of benzene rings is 3. The molecule has 7 heteroatoms. The van der Waals surface area contributed by atoms with Crippen molar-refractivity contribution in [2.75, 3.05) is 25.1 Å². The van der Waals surface area contributed by atoms with Crippen LogP contribution in [0.4, 0.5) is 5.69 Å². The molecule has 0 aliphatic heterocycles. The maximum absolute atomic E-state index is 12.0. The molecule has 0 spiro atoms. The Bertz CT molecular complexity index is 1080. The molecular weight excluding hydrogens is 486 g/mol. The predicted octanol–water partition coefficient (Wildman–Crippen LogP) is 6.29. The van der Waals surface area contributed by atoms with Crippen LogP contribution in [0.5, 0.6) is 5.75 Å². The Labute approximate surface area is 224 Å². The molecule has 0 bridgehead atoms. The van der Waals surface area contributed by atoms with Gasteiger partial charge in [0, 0.05) is 25.3 Å². The average molecular weight is 526 g/mol. The minimum atomic E-state index is -1.45. The van der Waals surface area contributed by atoms with Crippen LogP contribution in [0.15, 0.2) is 77.7 Å². The summed E-state index contributed by atoms with van der Waals surface area (Å²) in [6, 6.07) is 23.2. The lowest BCUT2D eigenvalue weighted by Gasteiger charge is -2.15. The van der Waals surface area contributed by atoms with E-state index < -0.39 is 17.2 Å². The van der Waals surface area contributed by atoms with Gasteiger partial charge in [0.15, 0.2) is 6.10 Å². The van der Waals surface area contributed by atoms with Crippen LogP contribution >= 0.6 is 0 Å². The first-order chi connectivity index (χ1) is 17.9. The number of carbonyl (C=O) groups excluding carboxylic acids is 1. The SMILES string of the molecule is CCNc1ccc(CC(OCC)C(=O)OCC)cc1.CCc1ccc(OS(=O)c2ccc(C)cc2)cc1. The van der Waals surface area contributed by atoms with E-state index in [-0.39, 0.29) is 5.97 Å². The zero-order valence-corrected chi connectivity index (χ0v) is 23.3. The van der Waals surface area contributed by atoms with Gasteiger partial charge in [0.2, 0.25) is 11.1 Å². The van der Waals surface area contributed by atoms with Crippen LogP contribution in [0, 0.1) is 6.92 Å². The molecule has 0 aliphatic rings. The van der Waals surface area contributed by atoms with E-state index in [1.54, 1.807) is 6.92 Å². The molecule has 3 aromatic rings. The molecule has 2 unspecified atom stereocenters. The van der Waals surface area contributed by atoms with Gasteiger partial charge in [-0.25, -0.2) is 9.00 Å². The molecule has 0 saturated carbocycles. The first kappa shape index (κ1) is 30.1. The number of anilines is 1. The van der Waals surface area contributed by atoms with Crippen molar-refractivity contribution < 1.29 is 22.7 Å². The summed E-state index contributed by atoms with van der Waals surface area (Å²) in [5.41, 5.74) is 4.52. The maximum Gasteiger partial charge on any atom is 0.335 e. The molecule has 3 rings (SSSR count). The number of hydrogen-bond acceptors (Lipinski definition) is 6. The number of esters is 1. The standard InChI is InChI=1S/C15H23NO3.C15H16O2S/c1-4-16-13-9-7-12(8-10-13)11-14(18-5-2)15(17)19-6-3;1-3-13-6-8-14(9-7-13)17-18(16)15-10-4-12(2)5-11-15/h7-10,14,16H,4-6,11H2,1-3H3;4-11H,3H2,1-2H3. The van der Waals surface area contributed by atoms with E-state index in [2.05, 4.69) is 19.2 Å². The van der Waals surface area contributed by atoms with Gasteiger partial charge in [0.1, 0.15) is 5.75 Å². The Kier molecular flexibility index (Phi) is 13.5. The topological polar surface area (TPSA) is 73.9 Å². The maximum atomic E-state index is 12.0. The summed E-state index contributed by atoms with van der Waals surface area (Å²) in [6.07, 6.45) is 1.01. The van der Waals surface area contributed by atoms with Crippen molar-refractivity contribution in [1.82, 2.24) is 0 Å². The molecule has 0 aliphatic carbocycles. The van der Waals surface area contributed by atoms with E-state index in [0.29, 0.717) is 30.3 Å². The molecule has 0 saturated heterocycles. The molecule has 0 heterocycles. The Morgan fingerprint density at radius 3 is 2.00 bits per heavy atom. The minimum absolute atomic E-state index is 0.292. The predicted molar refractivity (Wildman–Crippen MR) is 150 cm³/mol. The third kappa shape index (κ3) is 10.8. The number of nitrogens with one attached hydrogen (secondary N) is 1. The molecule has 3 aromatic carbocycles. The molecule has 0 fully saturated rings. The van der Waals surface area contributed by atoms with E-state index >= 15 is 0 Å². The van der Waals surface area contributed by atoms with Gasteiger partial charge in [-0.15, -0.1) is 0 Å². The van der Waals surface area contributed by atoms with Crippen molar-refractivity contribution in [3.05, 3.63) is 89.5 Å². The minimum Gasteiger partial charge on any atom is -0.464 e. The summed E-state index contributed by atoms with van der Waals surface area (Å²) in [5.74, 6) is 0.339. The smallest absolute Gasteiger partial charge is 0.335 e. The number of aryl methyl sites for hydroxylation is 2. The lowest BCUT2D eigenvalue weighted by atomic mass is 10.1. The molecule has 2 atom stereocenters. The first-order valence-corrected chi connectivity index (χ1v) is 13.8. The molecule has 0 radical (unpaired) electrons. The normalized spacial score (nSPS) is 12.0. The van der Waals surface area contributed by atoms with Gasteiger partial charge in [0.25, 0.3) is 0 Å². The van der Waals surface area contributed by atoms with Gasteiger partial charge in [-0.05, 0) is 81.6 Å². The highest BCUT2D eigenvalue weighted by atomic mass is 32.2. The highest BCUT2D eigenvalue weighted by molar-refractivity contribution is 7.80. The fourth-order valence-corrected chi connectivity index (χ4v) is 4.13. The van der Waals surface area contributed by atoms with Gasteiger partial charge >= 0.3 is 5.97 Å². The molecule has 200 valence electrons. The van der Waals surface area contributed by atoms with Crippen molar-refractivity contribution in [3.63, 3.8) is 0 Å². The molecule has 1 N–H and O–H groups in total. The van der Waals surface area contributed by atoms with E-state index in [1.807, 2.05) is 86.6 Å². The Hall–Kier alpha value is -3.16. The second kappa shape index (κ2) is 16.6. The van der Waals surface area contributed by atoms with E-state index in [9.17, 15) is 9.00 Å². The zero-order chi connectivity index (χ0) is 27.0. The summed E-state index contributed by atoms with van der Waals surface area (Å²) in [4.78, 5) is 12.4. The summed E-state index contributed by atoms with van der Waals surface area (Å²) in [6.45, 7) is 11.6. The van der Waals surface area contributed by atoms with Crippen LogP contribution in [0.3, 0.4) is 0 Å². The Balaban J connectivity index is 0.000000260. The fourth-order valence-electron chi connectivity index (χ4n) is 3.39. The van der Waals surface area contributed by atoms with Gasteiger partial charge in [-0.3, -0.25) is 0 Å². The summed E-state index contributed by atoms with van der Waals surface area (Å²) < 4.78 is 27.8. The number of hydrogen-bond donors (Lipinski definition) is 1. The van der Waals surface area contributed by atoms with Crippen molar-refractivity contribution in [2.45, 2.75) is 58.5 Å². The number of rotatable bonds is 12. The van der Waals surface area contributed by atoms with E-state index in [4.69, 9.17) is 13.7 Å². The molecule has 0 aromatic heterocycles. The van der Waals surface area contributed by atoms with Gasteiger partial charge in [0.05, 0.1) is 11.5 Å². The largest absolute Gasteiger partial charge is 0.464 e. The van der Waals surface area contributed by atoms with Gasteiger partial charge < -0.3 is 19.0 Å². The van der Waals surface area contributed by atoms with Crippen LogP contribution in [0.25, 0.3) is 0 Å². The molecule has 0 amide bonds. The third-order valence-corrected chi connectivity index (χ3v) is 6.39. The summed E-state index contributed by atoms with van der Waals surface area (Å²) >= 11 is -1.45. The van der Waals surface area contributed by atoms with Crippen molar-refractivity contribution in [3.8, 4) is 5.75 Å². The van der Waals surface area contributed by atoms with Crippen LogP contribution in [-0.4, -0.2) is 36.0 Å². The second-order valence-corrected chi connectivity index (χ2v) is 9.36. The van der Waals surface area contributed by atoms with Gasteiger partial charge in [-0.2, -0.15) is 0 Å². The Morgan fingerprint density at radius 1 is 0.838 bits per heavy atom. The highest BCUT2D eigenvalue weighted by Crippen LogP contribution is 2.17. The third-order valence-electron chi connectivity index (χ3n) is 5.39. The first-order valence-electron chi connectivity index (χ1n) is 12.8. The summed E-state index contributed by atoms with van der Waals surface area (Å²) in [5, 5.41) is 3.23. The van der Waals surface area contributed by atoms with Crippen molar-refractivity contribution in [2.24, 2.45) is 0 Å². The summed E-state index contributed by atoms with van der Waals surface area (Å²) in [7, 11) is 0. The van der Waals surface area contributed by atoms with Crippen LogP contribution in [0.1, 0.15) is 44.4 Å². The highest BCUT2D eigenvalue weighted by Gasteiger charge is 2.20. The monoisotopic (exact) mass is 525 g/mol. The molecule has 6 nitrogen and oxygen atoms in total. The number of ether oxygens (including phenoxy) is 2. The van der Waals surface area contributed by atoms with E-state index in [0.717, 1.165) is 29.8 Å². The van der Waals surface area contributed by atoms with Crippen LogP contribution in [-0.2, 0) is 38.2 Å². The lowest BCUT2D eigenvalue weighted by Crippen LogP contribution is -2.28. The molecular formula is C30H39NO5S. The van der Waals surface area contributed by atoms with Gasteiger partial charge in [-0.1, -0.05) is 48.9 Å². The van der Waals surface area contributed by atoms with Crippen molar-refractivity contribution >= 4 is 22.7 Å². The lowest BCUT2D eigenvalue weighted by molar-refractivity contribution is -0.156. The average Bonchev–Trinajstić information content (AvgIpc) is 2.91. The quantitative estimate of drug-likeness (QED) is 0.280. The Morgan fingerprint density at radius 2 is 1.46 bits per heavy atom. The van der Waals surface area contributed by atoms with Crippen LogP contribution in [0.2, 0.25) is 0 Å². The van der Waals surface area contributed by atoms with Crippen molar-refractivity contribution in [1.29, 1.82) is 0 Å². The molecule has 37 heavy (non-hydrogen) atoms. The number of carbonyl (C=O) groups is 1. The zero-order valence-electron chi connectivity index (χ0n) is 22.5. The second-order valence-electron chi connectivity index (χ2n) is 8.26.